The molecule has 29 nitrogen and oxygen atoms in total. The number of rotatable bonds is 18. The Kier molecular flexibility index (Phi) is 66.9. The van der Waals surface area contributed by atoms with Crippen molar-refractivity contribution in [1.82, 2.24) is 0 Å². The Balaban J connectivity index is -0.000000407. The van der Waals surface area contributed by atoms with Crippen molar-refractivity contribution in [2.45, 2.75) is 0 Å². The summed E-state index contributed by atoms with van der Waals surface area (Å²) in [5.41, 5.74) is 0.285. The summed E-state index contributed by atoms with van der Waals surface area (Å²) in [6.07, 6.45) is 0. The van der Waals surface area contributed by atoms with E-state index in [0.717, 1.165) is 42.7 Å². The second-order valence-corrected chi connectivity index (χ2v) is 19.4. The SMILES string of the molecule is CO.CO.CO.CO.CO.CO.O=C([O-])c1ccccc1Oc1ccccc1.O=C([O-])c1ccccc1Oc1ccccc1.O=C([O-])c1ccccc1Oc1ccccc1.O=C([O-])c1ccccc1Oc1ccccc1.O=C([O-])c1ccccc1Oc1ccccc1.O=C([O-])c1ccccc1Oc1ccccc1.O=[N+]([O-])[O-].[Fe+3].[Fe+3].[Fe+3].[O-2]. The topological polar surface area (TPSA) is 512 Å². The van der Waals surface area contributed by atoms with Gasteiger partial charge in [-0.25, -0.2) is 0 Å². The van der Waals surface area contributed by atoms with E-state index in [2.05, 4.69) is 0 Å². The van der Waals surface area contributed by atoms with E-state index in [0.29, 0.717) is 34.5 Å². The molecule has 116 heavy (non-hydrogen) atoms. The zero-order chi connectivity index (χ0) is 83.9. The number of aliphatic hydroxyl groups excluding tert-OH is 6. The molecule has 0 aliphatic heterocycles. The number of hydrogen-bond acceptors (Lipinski definition) is 27. The second-order valence-electron chi connectivity index (χ2n) is 19.4. The van der Waals surface area contributed by atoms with Crippen LogP contribution >= 0.6 is 0 Å². The fraction of sp³-hybridized carbons (Fsp3) is 0.0714. The maximum Gasteiger partial charge on any atom is 3.00 e. The Labute approximate surface area is 699 Å². The summed E-state index contributed by atoms with van der Waals surface area (Å²) in [4.78, 5) is 73.2. The van der Waals surface area contributed by atoms with Gasteiger partial charge in [-0.15, -0.1) is 0 Å². The molecule has 0 aromatic heterocycles. The van der Waals surface area contributed by atoms with Crippen molar-refractivity contribution in [2.24, 2.45) is 0 Å². The summed E-state index contributed by atoms with van der Waals surface area (Å²) in [5.74, 6) is -2.19. The average Bonchev–Trinajstić information content (AvgIpc) is 0.892. The maximum atomic E-state index is 10.8. The third-order valence-electron chi connectivity index (χ3n) is 12.5. The Morgan fingerprint density at radius 2 is 0.293 bits per heavy atom. The number of aromatic carboxylic acids is 6. The van der Waals surface area contributed by atoms with Gasteiger partial charge in [0.25, 0.3) is 0 Å². The maximum absolute atomic E-state index is 10.8. The van der Waals surface area contributed by atoms with E-state index < -0.39 is 40.9 Å². The van der Waals surface area contributed by atoms with Gasteiger partial charge >= 0.3 is 51.2 Å². The molecule has 611 valence electrons. The number of carboxylic acids is 6. The molecule has 0 saturated heterocycles. The molecule has 0 unspecified atom stereocenters. The van der Waals surface area contributed by atoms with Gasteiger partial charge in [0.1, 0.15) is 69.0 Å². The minimum atomic E-state index is -1.75. The van der Waals surface area contributed by atoms with Crippen LogP contribution in [0.1, 0.15) is 62.1 Å². The first-order chi connectivity index (χ1) is 54.4. The Morgan fingerprint density at radius 3 is 0.388 bits per heavy atom. The fourth-order valence-electron chi connectivity index (χ4n) is 8.04. The number of carbonyl (C=O) groups is 6. The minimum Gasteiger partial charge on any atom is -2.00 e. The third kappa shape index (κ3) is 45.3. The molecule has 12 aromatic rings. The van der Waals surface area contributed by atoms with Gasteiger partial charge in [-0.05, 0) is 146 Å². The summed E-state index contributed by atoms with van der Waals surface area (Å²) in [6.45, 7) is 0. The van der Waals surface area contributed by atoms with Crippen LogP contribution in [0.3, 0.4) is 0 Å². The van der Waals surface area contributed by atoms with E-state index in [-0.39, 0.29) is 125 Å². The summed E-state index contributed by atoms with van der Waals surface area (Å²) >= 11 is 0. The normalized spacial score (nSPS) is 8.59. The number of ether oxygens (including phenoxy) is 6. The predicted octanol–water partition coefficient (Wildman–Crippen LogP) is 8.34. The van der Waals surface area contributed by atoms with Crippen LogP contribution in [-0.4, -0.2) is 114 Å². The largest absolute Gasteiger partial charge is 3.00 e. The minimum absolute atomic E-state index is 0. The molecule has 12 rings (SSSR count). The van der Waals surface area contributed by atoms with Crippen molar-refractivity contribution in [3.63, 3.8) is 0 Å². The average molecular weight is 1720 g/mol. The van der Waals surface area contributed by atoms with Gasteiger partial charge in [0.2, 0.25) is 0 Å². The first-order valence-electron chi connectivity index (χ1n) is 32.1. The van der Waals surface area contributed by atoms with Gasteiger partial charge in [-0.1, -0.05) is 182 Å². The molecule has 0 heterocycles. The molecular weight excluding hydrogens is 1640 g/mol. The number of hydrogen-bond donors (Lipinski definition) is 6. The van der Waals surface area contributed by atoms with E-state index in [9.17, 15) is 59.4 Å². The van der Waals surface area contributed by atoms with Crippen LogP contribution in [0.2, 0.25) is 0 Å². The molecule has 0 bridgehead atoms. The number of nitrogens with zero attached hydrogens (tertiary/aromatic N) is 1. The van der Waals surface area contributed by atoms with Gasteiger partial charge < -0.3 is 139 Å². The van der Waals surface area contributed by atoms with E-state index in [1.54, 1.807) is 182 Å². The van der Waals surface area contributed by atoms with Crippen LogP contribution in [0.25, 0.3) is 0 Å². The molecule has 0 aliphatic carbocycles. The van der Waals surface area contributed by atoms with E-state index in [1.807, 2.05) is 109 Å². The van der Waals surface area contributed by atoms with Crippen molar-refractivity contribution in [2.75, 3.05) is 42.7 Å². The monoisotopic (exact) mass is 1720 g/mol. The third-order valence-corrected chi connectivity index (χ3v) is 12.5. The van der Waals surface area contributed by atoms with Crippen LogP contribution in [0.15, 0.2) is 328 Å². The smallest absolute Gasteiger partial charge is 2.00 e. The fourth-order valence-corrected chi connectivity index (χ4v) is 8.04. The van der Waals surface area contributed by atoms with E-state index >= 15 is 0 Å². The molecule has 0 fully saturated rings. The van der Waals surface area contributed by atoms with Crippen LogP contribution in [0, 0.1) is 15.3 Å². The summed E-state index contributed by atoms with van der Waals surface area (Å²) < 4.78 is 32.7. The molecule has 32 heteroatoms. The molecule has 0 spiro atoms. The van der Waals surface area contributed by atoms with Gasteiger partial charge in [-0.2, -0.15) is 0 Å². The molecular formula is C84H78Fe3NO28. The number of carboxylic acid groups (broad SMARTS) is 6. The van der Waals surface area contributed by atoms with Gasteiger partial charge in [0, 0.05) is 76.0 Å². The number of para-hydroxylation sites is 12. The quantitative estimate of drug-likeness (QED) is 0.0267. The summed E-state index contributed by atoms with van der Waals surface area (Å²) in [5, 5.41) is 122. The Bertz CT molecular complexity index is 3850. The molecule has 0 atom stereocenters. The molecule has 0 saturated carbocycles. The zero-order valence-corrected chi connectivity index (χ0v) is 65.7. The number of benzene rings is 12. The van der Waals surface area contributed by atoms with Crippen molar-refractivity contribution < 1.29 is 180 Å². The van der Waals surface area contributed by atoms with Crippen LogP contribution in [0.4, 0.5) is 0 Å². The van der Waals surface area contributed by atoms with Gasteiger partial charge in [0.15, 0.2) is 0 Å². The Morgan fingerprint density at radius 1 is 0.207 bits per heavy atom. The zero-order valence-electron chi connectivity index (χ0n) is 62.3. The van der Waals surface area contributed by atoms with Crippen LogP contribution in [0.5, 0.6) is 69.0 Å². The van der Waals surface area contributed by atoms with Gasteiger partial charge in [-0.3, -0.25) is 0 Å². The molecule has 0 aliphatic rings. The van der Waals surface area contributed by atoms with Crippen molar-refractivity contribution in [3.8, 4) is 69.0 Å². The van der Waals surface area contributed by atoms with Crippen molar-refractivity contribution >= 4 is 35.8 Å². The number of carbonyl (C=O) groups excluding carboxylic acids is 6. The standard InChI is InChI=1S/6C13H10O3.6CH4O.3Fe.NO3.O/c6*14-13(15)11-8-4-5-9-12(11)16-10-6-2-1-3-7-10;6*1-2;;;;2-1(3)4;/h6*1-9H,(H,14,15);6*2H,1H3;;;;;/q;;;;;;;;;;;;3*+3;-1;-2/p-6. The van der Waals surface area contributed by atoms with E-state index in [1.165, 1.54) is 36.4 Å². The van der Waals surface area contributed by atoms with E-state index in [4.69, 9.17) is 74.4 Å². The molecule has 0 amide bonds. The summed E-state index contributed by atoms with van der Waals surface area (Å²) in [7, 11) is 6.00. The summed E-state index contributed by atoms with van der Waals surface area (Å²) in [6, 6.07) is 92.4. The first kappa shape index (κ1) is 111. The molecule has 3 radical (unpaired) electrons. The Hall–Kier alpha value is -13.3. The van der Waals surface area contributed by atoms with Crippen LogP contribution in [-0.2, 0) is 56.7 Å². The van der Waals surface area contributed by atoms with Crippen molar-refractivity contribution in [1.29, 1.82) is 0 Å². The van der Waals surface area contributed by atoms with Crippen molar-refractivity contribution in [3.05, 3.63) is 376 Å². The molecule has 6 N–H and O–H groups in total. The number of aliphatic hydroxyl groups is 6. The molecule has 12 aromatic carbocycles. The second kappa shape index (κ2) is 69.7. The van der Waals surface area contributed by atoms with Gasteiger partial charge in [0.05, 0.1) is 40.9 Å². The predicted molar refractivity (Wildman–Crippen MR) is 404 cm³/mol. The van der Waals surface area contributed by atoms with Crippen LogP contribution < -0.4 is 59.1 Å². The first-order valence-corrected chi connectivity index (χ1v) is 32.1.